The van der Waals surface area contributed by atoms with Crippen LogP contribution >= 0.6 is 0 Å². The minimum Gasteiger partial charge on any atom is -0.471 e. The Morgan fingerprint density at radius 1 is 1.11 bits per heavy atom. The number of alkyl halides is 3. The highest BCUT2D eigenvalue weighted by molar-refractivity contribution is 5.60. The lowest BCUT2D eigenvalue weighted by Crippen LogP contribution is -2.07. The van der Waals surface area contributed by atoms with Gasteiger partial charge in [0.2, 0.25) is 11.7 Å². The van der Waals surface area contributed by atoms with Crippen LogP contribution in [-0.2, 0) is 26.4 Å². The molecule has 0 saturated heterocycles. The molecule has 5 rings (SSSR count). The predicted molar refractivity (Wildman–Crippen MR) is 110 cm³/mol. The largest absolute Gasteiger partial charge is 0.471 e. The third-order valence-electron chi connectivity index (χ3n) is 4.93. The van der Waals surface area contributed by atoms with Crippen LogP contribution in [0.1, 0.15) is 16.8 Å². The fraction of sp³-hybridized carbons (Fsp3) is 0.200. The van der Waals surface area contributed by atoms with E-state index in [1.807, 2.05) is 6.07 Å². The van der Waals surface area contributed by atoms with E-state index < -0.39 is 11.7 Å². The minimum absolute atomic E-state index is 0.0295. The van der Waals surface area contributed by atoms with E-state index in [0.717, 1.165) is 17.7 Å². The van der Waals surface area contributed by atoms with Gasteiger partial charge in [-0.25, -0.2) is 9.67 Å². The molecule has 0 saturated carbocycles. The van der Waals surface area contributed by atoms with Gasteiger partial charge in [-0.15, -0.1) is 5.10 Å². The predicted octanol–water partition coefficient (Wildman–Crippen LogP) is 2.56. The lowest BCUT2D eigenvalue weighted by Gasteiger charge is -2.09. The quantitative estimate of drug-likeness (QED) is 0.339. The number of ether oxygens (including phenoxy) is 1. The lowest BCUT2D eigenvalue weighted by atomic mass is 10.2. The number of pyridine rings is 2. The molecule has 0 amide bonds. The van der Waals surface area contributed by atoms with Gasteiger partial charge in [-0.2, -0.15) is 23.3 Å². The summed E-state index contributed by atoms with van der Waals surface area (Å²) in [5.74, 6) is 0.533. The van der Waals surface area contributed by atoms with Crippen LogP contribution in [0.2, 0.25) is 0 Å². The number of halogens is 3. The van der Waals surface area contributed by atoms with Crippen molar-refractivity contribution < 1.29 is 22.4 Å². The highest BCUT2D eigenvalue weighted by atomic mass is 19.4. The summed E-state index contributed by atoms with van der Waals surface area (Å²) < 4.78 is 52.3. The summed E-state index contributed by atoms with van der Waals surface area (Å²) in [6.07, 6.45) is 2.54. The normalized spacial score (nSPS) is 11.7. The van der Waals surface area contributed by atoms with Crippen LogP contribution in [0.15, 0.2) is 53.8 Å². The van der Waals surface area contributed by atoms with Gasteiger partial charge in [0.25, 0.3) is 5.89 Å². The molecule has 0 N–H and O–H groups in total. The molecule has 0 aromatic carbocycles. The Morgan fingerprint density at radius 3 is 2.74 bits per heavy atom. The van der Waals surface area contributed by atoms with Crippen molar-refractivity contribution in [3.63, 3.8) is 0 Å². The van der Waals surface area contributed by atoms with Gasteiger partial charge in [-0.3, -0.25) is 9.67 Å². The molecule has 0 spiro atoms. The van der Waals surface area contributed by atoms with Gasteiger partial charge < -0.3 is 9.26 Å². The van der Waals surface area contributed by atoms with Crippen molar-refractivity contribution in [2.45, 2.75) is 19.3 Å². The van der Waals surface area contributed by atoms with E-state index in [1.54, 1.807) is 24.1 Å². The van der Waals surface area contributed by atoms with Crippen LogP contribution in [0, 0.1) is 0 Å². The zero-order chi connectivity index (χ0) is 24.4. The summed E-state index contributed by atoms with van der Waals surface area (Å²) in [7, 11) is 1.69. The van der Waals surface area contributed by atoms with Crippen molar-refractivity contribution >= 4 is 0 Å². The second-order valence-electron chi connectivity index (χ2n) is 7.31. The molecule has 0 aliphatic heterocycles. The molecule has 0 bridgehead atoms. The summed E-state index contributed by atoms with van der Waals surface area (Å²) >= 11 is 0. The number of tetrazole rings is 1. The number of nitrogens with zero attached hydrogens (tertiary/aromatic N) is 10. The standard InChI is InChI=1S/C20H15F3N10O2/c1-32-16(10-34-17-3-2-14(7-25-17)20(21,22)23)15(8-27-32)19-28-18(29-35-19)13-4-12(5-24-6-13)9-33-11-26-30-31-33/h2-8,11H,9-10H2,1H3. The van der Waals surface area contributed by atoms with Crippen molar-refractivity contribution in [2.24, 2.45) is 7.05 Å². The first kappa shape index (κ1) is 22.1. The Balaban J connectivity index is 1.33. The second-order valence-corrected chi connectivity index (χ2v) is 7.31. The van der Waals surface area contributed by atoms with Crippen molar-refractivity contribution in [3.8, 4) is 28.7 Å². The van der Waals surface area contributed by atoms with Crippen molar-refractivity contribution in [3.05, 3.63) is 66.1 Å². The Bertz CT molecular complexity index is 1430. The highest BCUT2D eigenvalue weighted by Gasteiger charge is 2.30. The van der Waals surface area contributed by atoms with E-state index in [9.17, 15) is 13.2 Å². The average molecular weight is 484 g/mol. The molecule has 0 aliphatic carbocycles. The van der Waals surface area contributed by atoms with Gasteiger partial charge in [0.1, 0.15) is 12.9 Å². The van der Waals surface area contributed by atoms with Crippen LogP contribution < -0.4 is 4.74 Å². The van der Waals surface area contributed by atoms with Gasteiger partial charge in [0.15, 0.2) is 0 Å². The number of aryl methyl sites for hydroxylation is 1. The van der Waals surface area contributed by atoms with Gasteiger partial charge in [-0.1, -0.05) is 5.16 Å². The first-order valence-corrected chi connectivity index (χ1v) is 10.0. The fourth-order valence-corrected chi connectivity index (χ4v) is 3.17. The molecular formula is C20H15F3N10O2. The smallest absolute Gasteiger partial charge is 0.417 e. The molecule has 178 valence electrons. The molecule has 0 radical (unpaired) electrons. The van der Waals surface area contributed by atoms with Crippen LogP contribution in [0.3, 0.4) is 0 Å². The Labute approximate surface area is 194 Å². The van der Waals surface area contributed by atoms with E-state index >= 15 is 0 Å². The van der Waals surface area contributed by atoms with Gasteiger partial charge in [0, 0.05) is 37.3 Å². The SMILES string of the molecule is Cn1ncc(-c2nc(-c3cncc(Cn4cnnn4)c3)no2)c1COc1ccc(C(F)(F)F)cn1. The molecule has 0 atom stereocenters. The topological polar surface area (TPSA) is 135 Å². The maximum absolute atomic E-state index is 12.7. The molecule has 15 heteroatoms. The van der Waals surface area contributed by atoms with E-state index in [4.69, 9.17) is 9.26 Å². The molecule has 5 heterocycles. The lowest BCUT2D eigenvalue weighted by molar-refractivity contribution is -0.137. The zero-order valence-electron chi connectivity index (χ0n) is 18.0. The van der Waals surface area contributed by atoms with E-state index in [0.29, 0.717) is 35.4 Å². The number of aromatic nitrogens is 10. The van der Waals surface area contributed by atoms with Crippen molar-refractivity contribution in [2.75, 3.05) is 0 Å². The summed E-state index contributed by atoms with van der Waals surface area (Å²) in [6, 6.07) is 3.89. The molecule has 5 aromatic rings. The second kappa shape index (κ2) is 8.92. The summed E-state index contributed by atoms with van der Waals surface area (Å²) in [4.78, 5) is 12.4. The highest BCUT2D eigenvalue weighted by Crippen LogP contribution is 2.30. The number of hydrogen-bond donors (Lipinski definition) is 0. The fourth-order valence-electron chi connectivity index (χ4n) is 3.17. The molecule has 35 heavy (non-hydrogen) atoms. The zero-order valence-corrected chi connectivity index (χ0v) is 18.0. The molecule has 12 nitrogen and oxygen atoms in total. The molecule has 0 unspecified atom stereocenters. The minimum atomic E-state index is -4.47. The molecule has 0 aliphatic rings. The van der Waals surface area contributed by atoms with Crippen LogP contribution in [0.4, 0.5) is 13.2 Å². The number of rotatable bonds is 7. The first-order valence-electron chi connectivity index (χ1n) is 10.0. The van der Waals surface area contributed by atoms with Crippen LogP contribution in [0.25, 0.3) is 22.8 Å². The van der Waals surface area contributed by atoms with E-state index in [-0.39, 0.29) is 18.4 Å². The Hall–Kier alpha value is -4.69. The Morgan fingerprint density at radius 2 is 2.00 bits per heavy atom. The maximum atomic E-state index is 12.7. The third-order valence-corrected chi connectivity index (χ3v) is 4.93. The van der Waals surface area contributed by atoms with E-state index in [1.165, 1.54) is 17.2 Å². The summed E-state index contributed by atoms with van der Waals surface area (Å²) in [5, 5.41) is 19.3. The van der Waals surface area contributed by atoms with Gasteiger partial charge in [0.05, 0.1) is 29.6 Å². The molecule has 0 fully saturated rings. The summed E-state index contributed by atoms with van der Waals surface area (Å²) in [5.41, 5.74) is 1.67. The molecular weight excluding hydrogens is 469 g/mol. The summed E-state index contributed by atoms with van der Waals surface area (Å²) in [6.45, 7) is 0.380. The maximum Gasteiger partial charge on any atom is 0.417 e. The Kier molecular flexibility index (Phi) is 5.64. The van der Waals surface area contributed by atoms with Crippen LogP contribution in [0.5, 0.6) is 5.88 Å². The third kappa shape index (κ3) is 4.83. The van der Waals surface area contributed by atoms with Crippen LogP contribution in [-0.4, -0.2) is 50.1 Å². The monoisotopic (exact) mass is 484 g/mol. The number of hydrogen-bond acceptors (Lipinski definition) is 10. The molecule has 5 aromatic heterocycles. The average Bonchev–Trinajstić information content (AvgIpc) is 3.59. The van der Waals surface area contributed by atoms with E-state index in [2.05, 4.69) is 40.7 Å². The van der Waals surface area contributed by atoms with Gasteiger partial charge >= 0.3 is 6.18 Å². The van der Waals surface area contributed by atoms with Crippen molar-refractivity contribution in [1.29, 1.82) is 0 Å². The van der Waals surface area contributed by atoms with Crippen molar-refractivity contribution in [1.82, 2.24) is 50.1 Å². The first-order chi connectivity index (χ1) is 16.9. The van der Waals surface area contributed by atoms with Gasteiger partial charge in [-0.05, 0) is 28.1 Å².